The van der Waals surface area contributed by atoms with Crippen molar-refractivity contribution in [2.24, 2.45) is 23.2 Å². The molecule has 1 N–H and O–H groups in total. The molecule has 2 aliphatic carbocycles. The molecule has 44 heavy (non-hydrogen) atoms. The fourth-order valence-corrected chi connectivity index (χ4v) is 7.95. The highest BCUT2D eigenvalue weighted by Crippen LogP contribution is 2.44. The van der Waals surface area contributed by atoms with Gasteiger partial charge >= 0.3 is 6.03 Å². The Morgan fingerprint density at radius 3 is 2.55 bits per heavy atom. The molecule has 0 bridgehead atoms. The first-order chi connectivity index (χ1) is 21.3. The van der Waals surface area contributed by atoms with Crippen molar-refractivity contribution < 1.29 is 14.3 Å². The largest absolute Gasteiger partial charge is 0.457 e. The molecule has 3 fully saturated rings. The topological polar surface area (TPSA) is 89.3 Å². The molecule has 6 rings (SSSR count). The third-order valence-electron chi connectivity index (χ3n) is 10.3. The summed E-state index contributed by atoms with van der Waals surface area (Å²) in [6.07, 6.45) is 10.3. The van der Waals surface area contributed by atoms with Crippen molar-refractivity contribution in [2.75, 3.05) is 6.54 Å². The summed E-state index contributed by atoms with van der Waals surface area (Å²) in [5.41, 5.74) is 1.20. The van der Waals surface area contributed by atoms with E-state index in [1.807, 2.05) is 65.6 Å². The molecule has 0 spiro atoms. The molecule has 8 heteroatoms. The second-order valence-electron chi connectivity index (χ2n) is 13.7. The smallest absolute Gasteiger partial charge is 0.347 e. The summed E-state index contributed by atoms with van der Waals surface area (Å²) >= 11 is 0. The Morgan fingerprint density at radius 1 is 1.02 bits per heavy atom. The van der Waals surface area contributed by atoms with E-state index in [2.05, 4.69) is 43.0 Å². The SMILES string of the molecule is C=C[C@@H]1C[C@@H](NC(=O)c2c(-c3ccccc3Oc3ccccc3)nnn2C(=O)N2CCCC3CCCCC32)[C@H](C)CC1(C)C. The number of aromatic nitrogens is 3. The molecular formula is C36H45N5O3. The summed E-state index contributed by atoms with van der Waals surface area (Å²) in [6, 6.07) is 16.8. The van der Waals surface area contributed by atoms with Crippen molar-refractivity contribution in [1.29, 1.82) is 0 Å². The van der Waals surface area contributed by atoms with Gasteiger partial charge in [-0.3, -0.25) is 4.79 Å². The summed E-state index contributed by atoms with van der Waals surface area (Å²) in [7, 11) is 0. The number of benzene rings is 2. The summed E-state index contributed by atoms with van der Waals surface area (Å²) in [4.78, 5) is 30.6. The van der Waals surface area contributed by atoms with Crippen LogP contribution in [0.2, 0.25) is 0 Å². The second-order valence-corrected chi connectivity index (χ2v) is 13.7. The zero-order chi connectivity index (χ0) is 30.8. The summed E-state index contributed by atoms with van der Waals surface area (Å²) in [5, 5.41) is 12.2. The van der Waals surface area contributed by atoms with E-state index in [1.165, 1.54) is 11.1 Å². The number of carbonyl (C=O) groups is 2. The van der Waals surface area contributed by atoms with Gasteiger partial charge in [-0.25, -0.2) is 4.79 Å². The Kier molecular flexibility index (Phi) is 8.61. The standard InChI is InChI=1S/C36H45N5O3/c1-5-26-22-29(24(2)23-36(26,3)4)37-34(42)33-32(28-18-10-12-20-31(28)44-27-16-7-6-8-17-27)38-39-41(33)35(43)40-21-13-15-25-14-9-11-19-30(25)40/h5-8,10,12,16-18,20,24-26,29-30H,1,9,11,13-15,19,21-23H2,2-4H3,(H,37,42)/t24-,25?,26-,29-,30?/m1/s1. The van der Waals surface area contributed by atoms with Crippen LogP contribution in [0.15, 0.2) is 67.3 Å². The van der Waals surface area contributed by atoms with E-state index >= 15 is 0 Å². The predicted molar refractivity (Wildman–Crippen MR) is 172 cm³/mol. The van der Waals surface area contributed by atoms with Gasteiger partial charge in [-0.05, 0) is 86.0 Å². The minimum absolute atomic E-state index is 0.0710. The maximum Gasteiger partial charge on any atom is 0.347 e. The number of likely N-dealkylation sites (tertiary alicyclic amines) is 1. The van der Waals surface area contributed by atoms with E-state index in [0.717, 1.165) is 44.9 Å². The van der Waals surface area contributed by atoms with Crippen LogP contribution >= 0.6 is 0 Å². The number of amides is 2. The average Bonchev–Trinajstić information content (AvgIpc) is 3.47. The Labute approximate surface area is 260 Å². The molecule has 0 radical (unpaired) electrons. The first kappa shape index (κ1) is 30.1. The third kappa shape index (κ3) is 5.91. The van der Waals surface area contributed by atoms with Crippen molar-refractivity contribution >= 4 is 11.9 Å². The van der Waals surface area contributed by atoms with Crippen molar-refractivity contribution in [3.8, 4) is 22.8 Å². The van der Waals surface area contributed by atoms with Crippen LogP contribution in [0.3, 0.4) is 0 Å². The van der Waals surface area contributed by atoms with Crippen LogP contribution in [0.5, 0.6) is 11.5 Å². The maximum absolute atomic E-state index is 14.4. The van der Waals surface area contributed by atoms with Gasteiger partial charge in [0.25, 0.3) is 5.91 Å². The highest BCUT2D eigenvalue weighted by atomic mass is 16.5. The number of nitrogens with zero attached hydrogens (tertiary/aromatic N) is 4. The zero-order valence-electron chi connectivity index (χ0n) is 26.2. The Balaban J connectivity index is 1.38. The van der Waals surface area contributed by atoms with Crippen molar-refractivity contribution in [3.05, 3.63) is 72.9 Å². The molecule has 2 heterocycles. The number of para-hydroxylation sites is 2. The summed E-state index contributed by atoms with van der Waals surface area (Å²) in [5.74, 6) is 1.89. The normalized spacial score (nSPS) is 26.3. The van der Waals surface area contributed by atoms with Gasteiger partial charge in [-0.1, -0.05) is 75.2 Å². The number of carbonyl (C=O) groups excluding carboxylic acids is 2. The van der Waals surface area contributed by atoms with E-state index in [1.54, 1.807) is 0 Å². The summed E-state index contributed by atoms with van der Waals surface area (Å²) < 4.78 is 7.51. The lowest BCUT2D eigenvalue weighted by Crippen LogP contribution is -2.52. The molecule has 2 saturated carbocycles. The van der Waals surface area contributed by atoms with Crippen LogP contribution in [0, 0.1) is 23.2 Å². The molecule has 3 aromatic rings. The van der Waals surface area contributed by atoms with Crippen LogP contribution in [0.25, 0.3) is 11.3 Å². The van der Waals surface area contributed by atoms with E-state index in [4.69, 9.17) is 4.74 Å². The number of allylic oxidation sites excluding steroid dienone is 1. The van der Waals surface area contributed by atoms with Gasteiger partial charge < -0.3 is 15.0 Å². The first-order valence-corrected chi connectivity index (χ1v) is 16.3. The molecule has 3 aliphatic rings. The van der Waals surface area contributed by atoms with E-state index in [0.29, 0.717) is 35.2 Å². The van der Waals surface area contributed by atoms with Crippen LogP contribution in [-0.4, -0.2) is 50.5 Å². The van der Waals surface area contributed by atoms with E-state index < -0.39 is 0 Å². The van der Waals surface area contributed by atoms with Gasteiger partial charge in [0, 0.05) is 24.2 Å². The zero-order valence-corrected chi connectivity index (χ0v) is 26.2. The van der Waals surface area contributed by atoms with Gasteiger partial charge in [0.15, 0.2) is 5.69 Å². The van der Waals surface area contributed by atoms with Gasteiger partial charge in [-0.15, -0.1) is 11.7 Å². The molecule has 8 nitrogen and oxygen atoms in total. The van der Waals surface area contributed by atoms with E-state index in [9.17, 15) is 9.59 Å². The highest BCUT2D eigenvalue weighted by molar-refractivity contribution is 6.02. The van der Waals surface area contributed by atoms with Crippen molar-refractivity contribution in [3.63, 3.8) is 0 Å². The number of ether oxygens (including phenoxy) is 1. The van der Waals surface area contributed by atoms with Gasteiger partial charge in [0.1, 0.15) is 17.2 Å². The minimum atomic E-state index is -0.343. The molecule has 232 valence electrons. The molecule has 1 aliphatic heterocycles. The number of piperidine rings is 1. The van der Waals surface area contributed by atoms with Crippen LogP contribution in [-0.2, 0) is 0 Å². The number of hydrogen-bond acceptors (Lipinski definition) is 5. The molecule has 2 amide bonds. The highest BCUT2D eigenvalue weighted by Gasteiger charge is 2.42. The number of fused-ring (bicyclic) bond motifs is 1. The predicted octanol–water partition coefficient (Wildman–Crippen LogP) is 7.72. The van der Waals surface area contributed by atoms with Crippen molar-refractivity contribution in [2.45, 2.75) is 84.2 Å². The maximum atomic E-state index is 14.4. The Bertz CT molecular complexity index is 1500. The quantitative estimate of drug-likeness (QED) is 0.295. The molecule has 1 saturated heterocycles. The van der Waals surface area contributed by atoms with Crippen LogP contribution in [0.4, 0.5) is 4.79 Å². The lowest BCUT2D eigenvalue weighted by atomic mass is 9.63. The summed E-state index contributed by atoms with van der Waals surface area (Å²) in [6.45, 7) is 11.5. The Morgan fingerprint density at radius 2 is 1.75 bits per heavy atom. The second kappa shape index (κ2) is 12.6. The minimum Gasteiger partial charge on any atom is -0.457 e. The Hall–Kier alpha value is -3.94. The lowest BCUT2D eigenvalue weighted by molar-refractivity contribution is 0.0739. The molecule has 1 aromatic heterocycles. The number of hydrogen-bond donors (Lipinski definition) is 1. The van der Waals surface area contributed by atoms with Crippen LogP contribution < -0.4 is 10.1 Å². The fourth-order valence-electron chi connectivity index (χ4n) is 7.95. The number of rotatable bonds is 6. The average molecular weight is 596 g/mol. The van der Waals surface area contributed by atoms with Gasteiger partial charge in [0.2, 0.25) is 0 Å². The lowest BCUT2D eigenvalue weighted by Gasteiger charge is -2.45. The molecular weight excluding hydrogens is 550 g/mol. The van der Waals surface area contributed by atoms with E-state index in [-0.39, 0.29) is 47.0 Å². The fraction of sp³-hybridized carbons (Fsp3) is 0.500. The van der Waals surface area contributed by atoms with Gasteiger partial charge in [-0.2, -0.15) is 4.68 Å². The molecule has 2 unspecified atom stereocenters. The molecule has 5 atom stereocenters. The first-order valence-electron chi connectivity index (χ1n) is 16.3. The van der Waals surface area contributed by atoms with Crippen molar-refractivity contribution in [1.82, 2.24) is 25.2 Å². The van der Waals surface area contributed by atoms with Gasteiger partial charge in [0.05, 0.1) is 0 Å². The number of nitrogens with one attached hydrogen (secondary N) is 1. The van der Waals surface area contributed by atoms with Crippen LogP contribution in [0.1, 0.15) is 82.6 Å². The molecule has 2 aromatic carbocycles. The monoisotopic (exact) mass is 595 g/mol. The third-order valence-corrected chi connectivity index (χ3v) is 10.3.